The number of aliphatic hydroxyl groups is 1. The first-order chi connectivity index (χ1) is 34.6. The maximum absolute atomic E-state index is 13.8. The van der Waals surface area contributed by atoms with Gasteiger partial charge in [0.05, 0.1) is 12.6 Å². The van der Waals surface area contributed by atoms with Gasteiger partial charge in [-0.05, 0) is 75.5 Å². The summed E-state index contributed by atoms with van der Waals surface area (Å²) in [5.41, 5.74) is 22.5. The molecular weight excluding hydrogens is 975 g/mol. The predicted octanol–water partition coefficient (Wildman–Crippen LogP) is -4.47. The fourth-order valence-electron chi connectivity index (χ4n) is 6.83. The molecule has 28 nitrogen and oxygen atoms in total. The molecule has 0 fully saturated rings. The van der Waals surface area contributed by atoms with Gasteiger partial charge in [-0.1, -0.05) is 46.2 Å². The van der Waals surface area contributed by atoms with Crippen LogP contribution in [0.3, 0.4) is 0 Å². The fourth-order valence-corrected chi connectivity index (χ4v) is 6.83. The summed E-state index contributed by atoms with van der Waals surface area (Å²) in [5.74, 6) is -12.2. The van der Waals surface area contributed by atoms with Crippen molar-refractivity contribution in [1.82, 2.24) is 42.5 Å². The molecule has 414 valence electrons. The van der Waals surface area contributed by atoms with Crippen LogP contribution in [0.2, 0.25) is 0 Å². The van der Waals surface area contributed by atoms with Crippen LogP contribution in [0.5, 0.6) is 5.75 Å². The van der Waals surface area contributed by atoms with Crippen LogP contribution < -0.4 is 65.5 Å². The van der Waals surface area contributed by atoms with Gasteiger partial charge in [-0.3, -0.25) is 52.9 Å². The Balaban J connectivity index is 3.27. The highest BCUT2D eigenvalue weighted by Crippen LogP contribution is 2.14. The topological polar surface area (TPSA) is 481 Å². The number of nitrogens with zero attached hydrogens (tertiary/aromatic N) is 1. The van der Waals surface area contributed by atoms with Crippen molar-refractivity contribution in [2.45, 2.75) is 154 Å². The molecule has 0 aliphatic carbocycles. The molecule has 0 bridgehead atoms. The summed E-state index contributed by atoms with van der Waals surface area (Å²) < 4.78 is 0. The number of carboxylic acids is 2. The van der Waals surface area contributed by atoms with Crippen LogP contribution in [0, 0.1) is 11.8 Å². The number of phenols is 1. The molecule has 0 saturated carbocycles. The number of aliphatic imine (C=N–C) groups is 1. The Bertz CT molecular complexity index is 2140. The standard InChI is InChI=1S/C46H75N13O15/c1-7-23(4)36(44(72)55-30(15-17-35(63)64)41(69)52-24(5)37(65)57-32(45(73)74)19-22(2)3)59-38(66)25(6)53-40(68)29(14-16-34(48)62)54-43(71)33(21-60)58-42(70)31(20-26-10-12-27(61)13-11-26)56-39(67)28(47)9-8-18-51-46(49)50/h10-13,22-25,28-33,36,60-61H,7-9,14-21,47H2,1-6H3,(H2,48,62)(H,52,69)(H,53,68)(H,54,71)(H,55,72)(H,56,67)(H,57,65)(H,58,70)(H,59,66)(H,63,64)(H,73,74)(H4,49,50,51)/t23-,24-,25-,28-,29-,30-,31-,32-,33-,36-/m0/s1. The minimum absolute atomic E-state index is 0.0843. The molecule has 1 rings (SSSR count). The van der Waals surface area contributed by atoms with E-state index in [0.717, 1.165) is 0 Å². The monoisotopic (exact) mass is 1050 g/mol. The number of benzene rings is 1. The van der Waals surface area contributed by atoms with Crippen molar-refractivity contribution in [3.63, 3.8) is 0 Å². The van der Waals surface area contributed by atoms with Gasteiger partial charge in [-0.25, -0.2) is 4.79 Å². The van der Waals surface area contributed by atoms with E-state index in [4.69, 9.17) is 22.9 Å². The lowest BCUT2D eigenvalue weighted by molar-refractivity contribution is -0.142. The molecule has 74 heavy (non-hydrogen) atoms. The Morgan fingerprint density at radius 1 is 0.581 bits per heavy atom. The quantitative estimate of drug-likeness (QED) is 0.0176. The SMILES string of the molecule is CC[C@H](C)[C@H](NC(=O)[C@H](C)NC(=O)[C@H](CCC(N)=O)NC(=O)[C@H](CO)NC(=O)[C@H](Cc1ccc(O)cc1)NC(=O)[C@@H](N)CCCN=C(N)N)C(=O)N[C@@H](CCC(=O)O)C(=O)N[C@@H](C)C(=O)N[C@@H](CC(C)C)C(=O)O. The summed E-state index contributed by atoms with van der Waals surface area (Å²) in [6, 6.07) is -7.36. The summed E-state index contributed by atoms with van der Waals surface area (Å²) in [6.07, 6.45) is -1.40. The third kappa shape index (κ3) is 24.2. The zero-order valence-corrected chi connectivity index (χ0v) is 42.5. The molecule has 0 unspecified atom stereocenters. The second-order valence-electron chi connectivity index (χ2n) is 18.2. The number of phenolic OH excluding ortho intramolecular Hbond substituents is 1. The number of carboxylic acid groups (broad SMARTS) is 2. The molecule has 1 aromatic carbocycles. The zero-order chi connectivity index (χ0) is 56.4. The zero-order valence-electron chi connectivity index (χ0n) is 42.5. The molecule has 9 amide bonds. The minimum Gasteiger partial charge on any atom is -0.508 e. The molecule has 0 aliphatic rings. The van der Waals surface area contributed by atoms with E-state index in [1.807, 2.05) is 0 Å². The van der Waals surface area contributed by atoms with Crippen molar-refractivity contribution in [1.29, 1.82) is 0 Å². The number of guanidine groups is 1. The summed E-state index contributed by atoms with van der Waals surface area (Å²) >= 11 is 0. The Morgan fingerprint density at radius 3 is 1.54 bits per heavy atom. The second-order valence-corrected chi connectivity index (χ2v) is 18.2. The largest absolute Gasteiger partial charge is 0.508 e. The molecule has 0 aromatic heterocycles. The van der Waals surface area contributed by atoms with Gasteiger partial charge in [-0.15, -0.1) is 0 Å². The maximum atomic E-state index is 13.8. The first-order valence-corrected chi connectivity index (χ1v) is 24.0. The van der Waals surface area contributed by atoms with Gasteiger partial charge in [0, 0.05) is 25.8 Å². The van der Waals surface area contributed by atoms with Gasteiger partial charge >= 0.3 is 11.9 Å². The van der Waals surface area contributed by atoms with E-state index in [9.17, 15) is 73.2 Å². The molecule has 28 heteroatoms. The number of hydrogen-bond donors (Lipinski definition) is 16. The van der Waals surface area contributed by atoms with E-state index in [-0.39, 0.29) is 49.9 Å². The Kier molecular flexibility index (Phi) is 28.2. The Labute approximate surface area is 428 Å². The number of aromatic hydroxyl groups is 1. The van der Waals surface area contributed by atoms with Crippen molar-refractivity contribution < 1.29 is 73.2 Å². The van der Waals surface area contributed by atoms with E-state index < -0.39 is 158 Å². The lowest BCUT2D eigenvalue weighted by Gasteiger charge is -2.28. The van der Waals surface area contributed by atoms with Crippen LogP contribution in [-0.4, -0.2) is 159 Å². The second kappa shape index (κ2) is 32.5. The molecule has 0 spiro atoms. The van der Waals surface area contributed by atoms with Crippen LogP contribution in [0.25, 0.3) is 0 Å². The third-order valence-electron chi connectivity index (χ3n) is 11.3. The highest BCUT2D eigenvalue weighted by molar-refractivity contribution is 5.98. The Morgan fingerprint density at radius 2 is 1.05 bits per heavy atom. The van der Waals surface area contributed by atoms with E-state index in [1.54, 1.807) is 27.7 Å². The first-order valence-electron chi connectivity index (χ1n) is 24.0. The lowest BCUT2D eigenvalue weighted by Crippen LogP contribution is -2.61. The first kappa shape index (κ1) is 64.4. The Hall–Kier alpha value is -7.62. The lowest BCUT2D eigenvalue weighted by atomic mass is 9.97. The van der Waals surface area contributed by atoms with Crippen LogP contribution in [0.1, 0.15) is 98.5 Å². The number of amides is 9. The van der Waals surface area contributed by atoms with Crippen molar-refractivity contribution in [2.75, 3.05) is 13.2 Å². The molecule has 0 heterocycles. The van der Waals surface area contributed by atoms with E-state index >= 15 is 0 Å². The molecule has 20 N–H and O–H groups in total. The van der Waals surface area contributed by atoms with Gasteiger partial charge in [0.25, 0.3) is 0 Å². The van der Waals surface area contributed by atoms with Gasteiger partial charge in [-0.2, -0.15) is 0 Å². The highest BCUT2D eigenvalue weighted by atomic mass is 16.4. The molecule has 10 atom stereocenters. The smallest absolute Gasteiger partial charge is 0.326 e. The van der Waals surface area contributed by atoms with Crippen LogP contribution in [0.15, 0.2) is 29.3 Å². The molecule has 0 saturated heterocycles. The molecule has 0 radical (unpaired) electrons. The fraction of sp³-hybridized carbons (Fsp3) is 0.609. The third-order valence-corrected chi connectivity index (χ3v) is 11.3. The highest BCUT2D eigenvalue weighted by Gasteiger charge is 2.35. The summed E-state index contributed by atoms with van der Waals surface area (Å²) in [7, 11) is 0. The number of hydrogen-bond acceptors (Lipinski definition) is 15. The van der Waals surface area contributed by atoms with Crippen molar-refractivity contribution in [2.24, 2.45) is 39.8 Å². The van der Waals surface area contributed by atoms with Crippen molar-refractivity contribution in [3.8, 4) is 5.75 Å². The summed E-state index contributed by atoms with van der Waals surface area (Å²) in [6.45, 7) is 8.35. The summed E-state index contributed by atoms with van der Waals surface area (Å²) in [4.78, 5) is 147. The number of aliphatic hydroxyl groups excluding tert-OH is 1. The number of carbonyl (C=O) groups is 11. The number of rotatable bonds is 34. The van der Waals surface area contributed by atoms with Crippen LogP contribution in [0.4, 0.5) is 0 Å². The molecule has 1 aromatic rings. The normalized spacial score (nSPS) is 15.0. The number of nitrogens with one attached hydrogen (secondary N) is 8. The number of primary amides is 1. The maximum Gasteiger partial charge on any atom is 0.326 e. The van der Waals surface area contributed by atoms with E-state index in [2.05, 4.69) is 47.5 Å². The predicted molar refractivity (Wildman–Crippen MR) is 265 cm³/mol. The number of carbonyl (C=O) groups excluding carboxylic acids is 9. The van der Waals surface area contributed by atoms with Gasteiger partial charge in [0.2, 0.25) is 53.2 Å². The van der Waals surface area contributed by atoms with E-state index in [0.29, 0.717) is 12.0 Å². The molecular formula is C46H75N13O15. The van der Waals surface area contributed by atoms with Crippen molar-refractivity contribution in [3.05, 3.63) is 29.8 Å². The van der Waals surface area contributed by atoms with Gasteiger partial charge < -0.3 is 85.9 Å². The summed E-state index contributed by atoms with van der Waals surface area (Å²) in [5, 5.41) is 58.0. The number of nitrogens with two attached hydrogens (primary N) is 4. The van der Waals surface area contributed by atoms with E-state index in [1.165, 1.54) is 38.1 Å². The minimum atomic E-state index is -1.77. The molecule has 0 aliphatic heterocycles. The van der Waals surface area contributed by atoms with Gasteiger partial charge in [0.1, 0.15) is 54.1 Å². The van der Waals surface area contributed by atoms with Crippen LogP contribution in [-0.2, 0) is 59.2 Å². The average molecular weight is 1050 g/mol. The van der Waals surface area contributed by atoms with Crippen molar-refractivity contribution >= 4 is 71.1 Å². The average Bonchev–Trinajstić information content (AvgIpc) is 3.32. The van der Waals surface area contributed by atoms with Crippen LogP contribution >= 0.6 is 0 Å². The number of aliphatic carboxylic acids is 2. The van der Waals surface area contributed by atoms with Gasteiger partial charge in [0.15, 0.2) is 5.96 Å².